The van der Waals surface area contributed by atoms with Gasteiger partial charge >= 0.3 is 11.9 Å². The molecule has 34 heavy (non-hydrogen) atoms. The van der Waals surface area contributed by atoms with Gasteiger partial charge in [-0.15, -0.1) is 0 Å². The molecule has 0 radical (unpaired) electrons. The van der Waals surface area contributed by atoms with Crippen LogP contribution in [0.2, 0.25) is 0 Å². The van der Waals surface area contributed by atoms with E-state index in [1.54, 1.807) is 0 Å². The summed E-state index contributed by atoms with van der Waals surface area (Å²) in [7, 11) is 0. The number of nitrogens with one attached hydrogen (secondary N) is 2. The van der Waals surface area contributed by atoms with Gasteiger partial charge in [0.05, 0.1) is 12.5 Å². The van der Waals surface area contributed by atoms with E-state index < -0.39 is 72.1 Å². The molecule has 1 rings (SSSR count). The summed E-state index contributed by atoms with van der Waals surface area (Å²) in [6, 6.07) is -5.31. The third-order valence-corrected chi connectivity index (χ3v) is 5.16. The van der Waals surface area contributed by atoms with Crippen molar-refractivity contribution in [3.05, 3.63) is 0 Å². The molecule has 0 aromatic rings. The molecule has 4 unspecified atom stereocenters. The zero-order valence-corrected chi connectivity index (χ0v) is 18.4. The molecule has 0 saturated carbocycles. The molecule has 1 heterocycles. The van der Waals surface area contributed by atoms with Crippen LogP contribution in [0.4, 0.5) is 0 Å². The van der Waals surface area contributed by atoms with Crippen molar-refractivity contribution < 1.29 is 43.8 Å². The Bertz CT molecular complexity index is 833. The molecule has 1 aliphatic rings. The molecule has 15 heteroatoms. The first-order valence-electron chi connectivity index (χ1n) is 10.5. The molecule has 4 atom stereocenters. The highest BCUT2D eigenvalue weighted by molar-refractivity contribution is 5.96. The second-order valence-electron chi connectivity index (χ2n) is 7.86. The van der Waals surface area contributed by atoms with Crippen LogP contribution in [0.3, 0.4) is 0 Å². The van der Waals surface area contributed by atoms with E-state index in [1.165, 1.54) is 0 Å². The Balaban J connectivity index is 2.93. The SMILES string of the molecule is NC(=O)CCC(N)C(=O)NC(CC(=O)O)C(=O)N1CCCC1C(=O)NC(CCC(N)=O)C(=O)O. The number of aliphatic carboxylic acids is 2. The summed E-state index contributed by atoms with van der Waals surface area (Å²) in [6.45, 7) is 0.0651. The summed E-state index contributed by atoms with van der Waals surface area (Å²) >= 11 is 0. The van der Waals surface area contributed by atoms with E-state index in [9.17, 15) is 38.7 Å². The second-order valence-corrected chi connectivity index (χ2v) is 7.86. The number of amides is 5. The molecule has 15 nitrogen and oxygen atoms in total. The fraction of sp³-hybridized carbons (Fsp3) is 0.632. The number of carbonyl (C=O) groups is 7. The van der Waals surface area contributed by atoms with Crippen LogP contribution in [0.25, 0.3) is 0 Å². The highest BCUT2D eigenvalue weighted by Crippen LogP contribution is 2.20. The van der Waals surface area contributed by atoms with Crippen LogP contribution in [0.15, 0.2) is 0 Å². The summed E-state index contributed by atoms with van der Waals surface area (Å²) in [5, 5.41) is 22.9. The van der Waals surface area contributed by atoms with Crippen molar-refractivity contribution in [2.45, 2.75) is 69.1 Å². The zero-order valence-electron chi connectivity index (χ0n) is 18.4. The Kier molecular flexibility index (Phi) is 10.9. The van der Waals surface area contributed by atoms with Gasteiger partial charge in [-0.1, -0.05) is 0 Å². The molecular weight excluding hydrogens is 456 g/mol. The lowest BCUT2D eigenvalue weighted by molar-refractivity contribution is -0.147. The number of carboxylic acids is 2. The van der Waals surface area contributed by atoms with E-state index in [4.69, 9.17) is 22.3 Å². The molecule has 0 aromatic heterocycles. The van der Waals surface area contributed by atoms with Gasteiger partial charge in [-0.2, -0.15) is 0 Å². The molecule has 10 N–H and O–H groups in total. The fourth-order valence-corrected chi connectivity index (χ4v) is 3.40. The minimum absolute atomic E-state index is 0.0651. The van der Waals surface area contributed by atoms with Crippen molar-refractivity contribution >= 4 is 41.5 Å². The van der Waals surface area contributed by atoms with Crippen LogP contribution < -0.4 is 27.8 Å². The van der Waals surface area contributed by atoms with Crippen molar-refractivity contribution in [2.75, 3.05) is 6.54 Å². The minimum Gasteiger partial charge on any atom is -0.481 e. The Morgan fingerprint density at radius 1 is 0.912 bits per heavy atom. The van der Waals surface area contributed by atoms with Crippen molar-refractivity contribution in [2.24, 2.45) is 17.2 Å². The number of nitrogens with zero attached hydrogens (tertiary/aromatic N) is 1. The maximum atomic E-state index is 13.0. The van der Waals surface area contributed by atoms with Gasteiger partial charge in [0.2, 0.25) is 29.5 Å². The first-order valence-corrected chi connectivity index (χ1v) is 10.5. The number of likely N-dealkylation sites (tertiary alicyclic amines) is 1. The molecule has 1 saturated heterocycles. The average molecular weight is 486 g/mol. The summed E-state index contributed by atoms with van der Waals surface area (Å²) in [4.78, 5) is 83.5. The van der Waals surface area contributed by atoms with Gasteiger partial charge in [-0.3, -0.25) is 28.8 Å². The minimum atomic E-state index is -1.55. The Morgan fingerprint density at radius 3 is 2.03 bits per heavy atom. The number of hydrogen-bond donors (Lipinski definition) is 7. The zero-order chi connectivity index (χ0) is 26.0. The molecule has 5 amide bonds. The fourth-order valence-electron chi connectivity index (χ4n) is 3.40. The molecule has 0 bridgehead atoms. The van der Waals surface area contributed by atoms with Crippen molar-refractivity contribution in [1.29, 1.82) is 0 Å². The maximum absolute atomic E-state index is 13.0. The molecule has 190 valence electrons. The highest BCUT2D eigenvalue weighted by Gasteiger charge is 2.39. The van der Waals surface area contributed by atoms with E-state index in [2.05, 4.69) is 10.6 Å². The smallest absolute Gasteiger partial charge is 0.326 e. The molecule has 0 aromatic carbocycles. The van der Waals surface area contributed by atoms with Crippen LogP contribution in [0, 0.1) is 0 Å². The monoisotopic (exact) mass is 486 g/mol. The lowest BCUT2D eigenvalue weighted by Crippen LogP contribution is -2.57. The van der Waals surface area contributed by atoms with Crippen LogP contribution >= 0.6 is 0 Å². The van der Waals surface area contributed by atoms with Gasteiger partial charge < -0.3 is 42.9 Å². The molecule has 0 spiro atoms. The van der Waals surface area contributed by atoms with Crippen LogP contribution in [0.5, 0.6) is 0 Å². The summed E-state index contributed by atoms with van der Waals surface area (Å²) < 4.78 is 0. The molecular formula is C19H30N6O9. The van der Waals surface area contributed by atoms with Crippen LogP contribution in [-0.4, -0.2) is 87.3 Å². The van der Waals surface area contributed by atoms with Crippen molar-refractivity contribution in [3.63, 3.8) is 0 Å². The first kappa shape index (κ1) is 28.3. The third kappa shape index (κ3) is 9.01. The van der Waals surface area contributed by atoms with Gasteiger partial charge in [0.15, 0.2) is 0 Å². The van der Waals surface area contributed by atoms with Crippen molar-refractivity contribution in [3.8, 4) is 0 Å². The van der Waals surface area contributed by atoms with Gasteiger partial charge in [0, 0.05) is 19.4 Å². The average Bonchev–Trinajstić information content (AvgIpc) is 3.22. The van der Waals surface area contributed by atoms with E-state index >= 15 is 0 Å². The topological polar surface area (TPSA) is 265 Å². The van der Waals surface area contributed by atoms with E-state index in [0.29, 0.717) is 6.42 Å². The van der Waals surface area contributed by atoms with Gasteiger partial charge in [0.1, 0.15) is 18.1 Å². The molecule has 1 fully saturated rings. The standard InChI is InChI=1S/C19H30N6O9/c20-9(3-5-13(21)26)16(30)24-11(8-15(28)29)18(32)25-7-1-2-12(25)17(31)23-10(19(33)34)4-6-14(22)27/h9-12H,1-8,20H2,(H2,21,26)(H2,22,27)(H,23,31)(H,24,30)(H,28,29)(H,33,34). The Labute approximate surface area is 194 Å². The van der Waals surface area contributed by atoms with E-state index in [-0.39, 0.29) is 38.6 Å². The largest absolute Gasteiger partial charge is 0.481 e. The van der Waals surface area contributed by atoms with Crippen LogP contribution in [0.1, 0.15) is 44.9 Å². The number of carboxylic acid groups (broad SMARTS) is 2. The lowest BCUT2D eigenvalue weighted by Gasteiger charge is -2.29. The second kappa shape index (κ2) is 13.1. The predicted octanol–water partition coefficient (Wildman–Crippen LogP) is -3.64. The summed E-state index contributed by atoms with van der Waals surface area (Å²) in [5.41, 5.74) is 15.7. The quantitative estimate of drug-likeness (QED) is 0.126. The molecule has 1 aliphatic heterocycles. The highest BCUT2D eigenvalue weighted by atomic mass is 16.4. The lowest BCUT2D eigenvalue weighted by atomic mass is 10.1. The van der Waals surface area contributed by atoms with Gasteiger partial charge in [-0.05, 0) is 25.7 Å². The van der Waals surface area contributed by atoms with Gasteiger partial charge in [-0.25, -0.2) is 4.79 Å². The predicted molar refractivity (Wildman–Crippen MR) is 113 cm³/mol. The Morgan fingerprint density at radius 2 is 1.50 bits per heavy atom. The first-order chi connectivity index (χ1) is 15.8. The van der Waals surface area contributed by atoms with E-state index in [0.717, 1.165) is 4.90 Å². The number of primary amides is 2. The number of carbonyl (C=O) groups excluding carboxylic acids is 5. The van der Waals surface area contributed by atoms with Crippen molar-refractivity contribution in [1.82, 2.24) is 15.5 Å². The Hall–Kier alpha value is -3.75. The number of nitrogens with two attached hydrogens (primary N) is 3. The number of rotatable bonds is 14. The summed E-state index contributed by atoms with van der Waals surface area (Å²) in [5.74, 6) is -6.78. The molecule has 0 aliphatic carbocycles. The van der Waals surface area contributed by atoms with Gasteiger partial charge in [0.25, 0.3) is 0 Å². The normalized spacial score (nSPS) is 17.8. The van der Waals surface area contributed by atoms with E-state index in [1.807, 2.05) is 0 Å². The van der Waals surface area contributed by atoms with Crippen LogP contribution in [-0.2, 0) is 33.6 Å². The maximum Gasteiger partial charge on any atom is 0.326 e. The number of hydrogen-bond acceptors (Lipinski definition) is 8. The summed E-state index contributed by atoms with van der Waals surface area (Å²) in [6.07, 6.45) is -1.10. The third-order valence-electron chi connectivity index (χ3n) is 5.16.